The predicted molar refractivity (Wildman–Crippen MR) is 150 cm³/mol. The molecule has 0 aliphatic carbocycles. The SMILES string of the molecule is CC(=O)Nc1ccc(NC(=O)C(Sc2cccc(NC(=O)c3cccc(C)c3)c2)c2ccccc2)cc1. The number of carbonyl (C=O) groups excluding carboxylic acids is 3. The smallest absolute Gasteiger partial charge is 0.255 e. The van der Waals surface area contributed by atoms with Crippen molar-refractivity contribution in [2.75, 3.05) is 16.0 Å². The number of thioether (sulfide) groups is 1. The highest BCUT2D eigenvalue weighted by atomic mass is 32.2. The molecule has 0 fully saturated rings. The first kappa shape index (κ1) is 25.7. The van der Waals surface area contributed by atoms with Crippen LogP contribution >= 0.6 is 11.8 Å². The number of amides is 3. The van der Waals surface area contributed by atoms with Gasteiger partial charge in [-0.2, -0.15) is 0 Å². The molecule has 4 aromatic carbocycles. The first-order valence-electron chi connectivity index (χ1n) is 11.8. The average Bonchev–Trinajstić information content (AvgIpc) is 2.89. The fourth-order valence-corrected chi connectivity index (χ4v) is 4.81. The quantitative estimate of drug-likeness (QED) is 0.231. The number of hydrogen-bond donors (Lipinski definition) is 3. The summed E-state index contributed by atoms with van der Waals surface area (Å²) in [6.45, 7) is 3.39. The lowest BCUT2D eigenvalue weighted by atomic mass is 10.1. The zero-order chi connectivity index (χ0) is 26.2. The van der Waals surface area contributed by atoms with Crippen molar-refractivity contribution in [3.05, 3.63) is 120 Å². The van der Waals surface area contributed by atoms with Gasteiger partial charge in [0.1, 0.15) is 5.25 Å². The van der Waals surface area contributed by atoms with Crippen LogP contribution in [-0.4, -0.2) is 17.7 Å². The number of hydrogen-bond acceptors (Lipinski definition) is 4. The molecule has 7 heteroatoms. The van der Waals surface area contributed by atoms with Crippen LogP contribution in [0.1, 0.15) is 33.7 Å². The van der Waals surface area contributed by atoms with Crippen LogP contribution in [0.3, 0.4) is 0 Å². The molecular formula is C30H27N3O3S. The highest BCUT2D eigenvalue weighted by Gasteiger charge is 2.22. The van der Waals surface area contributed by atoms with Crippen molar-refractivity contribution >= 4 is 46.5 Å². The molecule has 37 heavy (non-hydrogen) atoms. The van der Waals surface area contributed by atoms with E-state index >= 15 is 0 Å². The Balaban J connectivity index is 1.51. The summed E-state index contributed by atoms with van der Waals surface area (Å²) in [7, 11) is 0. The number of benzene rings is 4. The number of carbonyl (C=O) groups is 3. The van der Waals surface area contributed by atoms with Gasteiger partial charge in [0.05, 0.1) is 0 Å². The van der Waals surface area contributed by atoms with Crippen molar-refractivity contribution in [3.8, 4) is 0 Å². The normalized spacial score (nSPS) is 11.3. The fraction of sp³-hybridized carbons (Fsp3) is 0.100. The number of anilines is 3. The summed E-state index contributed by atoms with van der Waals surface area (Å²) in [5, 5.41) is 8.10. The van der Waals surface area contributed by atoms with Crippen LogP contribution in [0, 0.1) is 6.92 Å². The summed E-state index contributed by atoms with van der Waals surface area (Å²) in [4.78, 5) is 38.2. The van der Waals surface area contributed by atoms with E-state index in [0.717, 1.165) is 16.0 Å². The van der Waals surface area contributed by atoms with E-state index in [1.54, 1.807) is 30.3 Å². The lowest BCUT2D eigenvalue weighted by Gasteiger charge is -2.18. The van der Waals surface area contributed by atoms with Gasteiger partial charge in [0.2, 0.25) is 11.8 Å². The molecule has 0 bridgehead atoms. The summed E-state index contributed by atoms with van der Waals surface area (Å²) >= 11 is 1.40. The summed E-state index contributed by atoms with van der Waals surface area (Å²) in [6.07, 6.45) is 0. The first-order chi connectivity index (χ1) is 17.9. The van der Waals surface area contributed by atoms with Crippen molar-refractivity contribution < 1.29 is 14.4 Å². The highest BCUT2D eigenvalue weighted by Crippen LogP contribution is 2.37. The first-order valence-corrected chi connectivity index (χ1v) is 12.6. The largest absolute Gasteiger partial charge is 0.326 e. The van der Waals surface area contributed by atoms with E-state index < -0.39 is 5.25 Å². The van der Waals surface area contributed by atoms with Crippen LogP contribution in [0.2, 0.25) is 0 Å². The molecule has 0 aromatic heterocycles. The average molecular weight is 510 g/mol. The van der Waals surface area contributed by atoms with Gasteiger partial charge in [0.25, 0.3) is 5.91 Å². The molecule has 0 saturated carbocycles. The summed E-state index contributed by atoms with van der Waals surface area (Å²) < 4.78 is 0. The molecule has 6 nitrogen and oxygen atoms in total. The minimum absolute atomic E-state index is 0.158. The van der Waals surface area contributed by atoms with Gasteiger partial charge in [0, 0.05) is 34.4 Å². The van der Waals surface area contributed by atoms with E-state index in [0.29, 0.717) is 22.6 Å². The number of nitrogens with one attached hydrogen (secondary N) is 3. The van der Waals surface area contributed by atoms with E-state index in [1.807, 2.05) is 79.7 Å². The number of aryl methyl sites for hydroxylation is 1. The molecule has 1 atom stereocenters. The fourth-order valence-electron chi connectivity index (χ4n) is 3.72. The van der Waals surface area contributed by atoms with Gasteiger partial charge in [-0.25, -0.2) is 0 Å². The summed E-state index contributed by atoms with van der Waals surface area (Å²) in [5.41, 5.74) is 4.39. The Kier molecular flexibility index (Phi) is 8.38. The standard InChI is InChI=1S/C30H27N3O3S/c1-20-8-6-11-23(18-20)29(35)33-26-12-7-13-27(19-26)37-28(22-9-4-3-5-10-22)30(36)32-25-16-14-24(15-17-25)31-21(2)34/h3-19,28H,1-2H3,(H,31,34)(H,32,36)(H,33,35). The molecular weight excluding hydrogens is 482 g/mol. The zero-order valence-electron chi connectivity index (χ0n) is 20.5. The van der Waals surface area contributed by atoms with E-state index in [2.05, 4.69) is 16.0 Å². The molecule has 3 N–H and O–H groups in total. The maximum atomic E-state index is 13.4. The maximum Gasteiger partial charge on any atom is 0.255 e. The minimum Gasteiger partial charge on any atom is -0.326 e. The monoisotopic (exact) mass is 509 g/mol. The Morgan fingerprint density at radius 3 is 2.03 bits per heavy atom. The number of rotatable bonds is 8. The predicted octanol–water partition coefficient (Wildman–Crippen LogP) is 6.68. The lowest BCUT2D eigenvalue weighted by molar-refractivity contribution is -0.116. The molecule has 0 radical (unpaired) electrons. The van der Waals surface area contributed by atoms with Gasteiger partial charge in [0.15, 0.2) is 0 Å². The van der Waals surface area contributed by atoms with Crippen LogP contribution in [-0.2, 0) is 9.59 Å². The Labute approximate surface area is 220 Å². The van der Waals surface area contributed by atoms with Crippen molar-refractivity contribution in [1.29, 1.82) is 0 Å². The molecule has 4 aromatic rings. The maximum absolute atomic E-state index is 13.4. The highest BCUT2D eigenvalue weighted by molar-refractivity contribution is 8.00. The Morgan fingerprint density at radius 1 is 0.676 bits per heavy atom. The molecule has 0 aliphatic heterocycles. The third kappa shape index (κ3) is 7.32. The van der Waals surface area contributed by atoms with Crippen LogP contribution < -0.4 is 16.0 Å². The molecule has 3 amide bonds. The molecule has 4 rings (SSSR count). The minimum atomic E-state index is -0.529. The third-order valence-electron chi connectivity index (χ3n) is 5.44. The van der Waals surface area contributed by atoms with Gasteiger partial charge in [-0.05, 0) is 67.1 Å². The Bertz CT molecular complexity index is 1410. The van der Waals surface area contributed by atoms with E-state index in [-0.39, 0.29) is 17.7 Å². The van der Waals surface area contributed by atoms with E-state index in [9.17, 15) is 14.4 Å². The van der Waals surface area contributed by atoms with E-state index in [1.165, 1.54) is 18.7 Å². The molecule has 0 saturated heterocycles. The van der Waals surface area contributed by atoms with Gasteiger partial charge in [-0.3, -0.25) is 14.4 Å². The van der Waals surface area contributed by atoms with Crippen molar-refractivity contribution in [1.82, 2.24) is 0 Å². The zero-order valence-corrected chi connectivity index (χ0v) is 21.3. The van der Waals surface area contributed by atoms with Crippen molar-refractivity contribution in [2.24, 2.45) is 0 Å². The van der Waals surface area contributed by atoms with Crippen molar-refractivity contribution in [2.45, 2.75) is 24.0 Å². The van der Waals surface area contributed by atoms with Gasteiger partial charge in [-0.1, -0.05) is 54.1 Å². The Morgan fingerprint density at radius 2 is 1.35 bits per heavy atom. The molecule has 0 spiro atoms. The van der Waals surface area contributed by atoms with Crippen molar-refractivity contribution in [3.63, 3.8) is 0 Å². The van der Waals surface area contributed by atoms with E-state index in [4.69, 9.17) is 0 Å². The van der Waals surface area contributed by atoms with Crippen LogP contribution in [0.25, 0.3) is 0 Å². The molecule has 0 heterocycles. The molecule has 186 valence electrons. The summed E-state index contributed by atoms with van der Waals surface area (Å²) in [6, 6.07) is 31.4. The van der Waals surface area contributed by atoms with Crippen LogP contribution in [0.4, 0.5) is 17.1 Å². The van der Waals surface area contributed by atoms with Gasteiger partial charge in [-0.15, -0.1) is 11.8 Å². The van der Waals surface area contributed by atoms with Gasteiger partial charge < -0.3 is 16.0 Å². The van der Waals surface area contributed by atoms with Gasteiger partial charge >= 0.3 is 0 Å². The molecule has 1 unspecified atom stereocenters. The summed E-state index contributed by atoms with van der Waals surface area (Å²) in [5.74, 6) is -0.529. The second kappa shape index (κ2) is 12.1. The molecule has 0 aliphatic rings. The van der Waals surface area contributed by atoms with Crippen LogP contribution in [0.15, 0.2) is 108 Å². The third-order valence-corrected chi connectivity index (χ3v) is 6.69. The van der Waals surface area contributed by atoms with Crippen LogP contribution in [0.5, 0.6) is 0 Å². The lowest BCUT2D eigenvalue weighted by Crippen LogP contribution is -2.19. The second-order valence-electron chi connectivity index (χ2n) is 8.51. The Hall–Kier alpha value is -4.36. The second-order valence-corrected chi connectivity index (χ2v) is 9.69. The topological polar surface area (TPSA) is 87.3 Å².